The second-order valence-electron chi connectivity index (χ2n) is 7.82. The van der Waals surface area contributed by atoms with Crippen molar-refractivity contribution in [2.24, 2.45) is 0 Å². The minimum Gasteiger partial charge on any atom is -0.338 e. The lowest BCUT2D eigenvalue weighted by atomic mass is 10.1. The van der Waals surface area contributed by atoms with E-state index >= 15 is 0 Å². The van der Waals surface area contributed by atoms with Crippen LogP contribution in [-0.2, 0) is 21.2 Å². The Morgan fingerprint density at radius 2 is 2.12 bits per heavy atom. The first-order valence-electron chi connectivity index (χ1n) is 10.7. The number of thioether (sulfide) groups is 1. The van der Waals surface area contributed by atoms with Crippen LogP contribution in [-0.4, -0.2) is 58.6 Å². The van der Waals surface area contributed by atoms with Gasteiger partial charge in [-0.25, -0.2) is 13.4 Å². The number of carbonyl (C=O) groups excluding carboxylic acids is 1. The number of allylic oxidation sites excluding steroid dienone is 1. The molecule has 4 rings (SSSR count). The van der Waals surface area contributed by atoms with Crippen molar-refractivity contribution in [3.05, 3.63) is 58.7 Å². The fourth-order valence-corrected chi connectivity index (χ4v) is 7.72. The SMILES string of the molecule is C=CCn1c(SCC(=O)N(CC)[C@H]2CCS(=O)(=O)C2)nc2scc(-c3ccccc3)c2c1=O. The Labute approximate surface area is 201 Å². The average Bonchev–Trinajstić information content (AvgIpc) is 3.38. The molecule has 1 aliphatic heterocycles. The maximum absolute atomic E-state index is 13.4. The lowest BCUT2D eigenvalue weighted by Gasteiger charge is -2.26. The molecule has 1 amide bonds. The minimum atomic E-state index is -3.08. The molecule has 1 aromatic carbocycles. The molecule has 0 radical (unpaired) electrons. The Morgan fingerprint density at radius 1 is 1.36 bits per heavy atom. The highest BCUT2D eigenvalue weighted by molar-refractivity contribution is 7.99. The molecule has 0 unspecified atom stereocenters. The van der Waals surface area contributed by atoms with Crippen LogP contribution < -0.4 is 5.56 Å². The van der Waals surface area contributed by atoms with Crippen molar-refractivity contribution in [2.75, 3.05) is 23.8 Å². The van der Waals surface area contributed by atoms with Gasteiger partial charge in [-0.05, 0) is 18.9 Å². The first-order valence-corrected chi connectivity index (χ1v) is 14.3. The maximum atomic E-state index is 13.4. The Kier molecular flexibility index (Phi) is 7.06. The highest BCUT2D eigenvalue weighted by Gasteiger charge is 2.34. The van der Waals surface area contributed by atoms with Gasteiger partial charge >= 0.3 is 0 Å². The number of aromatic nitrogens is 2. The maximum Gasteiger partial charge on any atom is 0.263 e. The Balaban J connectivity index is 1.62. The fraction of sp³-hybridized carbons (Fsp3) is 0.348. The summed E-state index contributed by atoms with van der Waals surface area (Å²) in [6, 6.07) is 9.42. The largest absolute Gasteiger partial charge is 0.338 e. The summed E-state index contributed by atoms with van der Waals surface area (Å²) in [4.78, 5) is 33.3. The van der Waals surface area contributed by atoms with Crippen LogP contribution in [0, 0.1) is 0 Å². The first-order chi connectivity index (χ1) is 15.8. The van der Waals surface area contributed by atoms with Gasteiger partial charge in [0.05, 0.1) is 22.6 Å². The minimum absolute atomic E-state index is 0.0140. The van der Waals surface area contributed by atoms with Gasteiger partial charge in [0.2, 0.25) is 5.91 Å². The quantitative estimate of drug-likeness (QED) is 0.266. The molecule has 1 fully saturated rings. The van der Waals surface area contributed by atoms with Crippen LogP contribution in [0.25, 0.3) is 21.3 Å². The van der Waals surface area contributed by atoms with E-state index in [1.54, 1.807) is 15.5 Å². The third kappa shape index (κ3) is 4.92. The van der Waals surface area contributed by atoms with Crippen molar-refractivity contribution in [3.63, 3.8) is 0 Å². The van der Waals surface area contributed by atoms with Crippen LogP contribution in [0.3, 0.4) is 0 Å². The van der Waals surface area contributed by atoms with Crippen LogP contribution in [0.2, 0.25) is 0 Å². The van der Waals surface area contributed by atoms with Crippen molar-refractivity contribution in [1.29, 1.82) is 0 Å². The third-order valence-corrected chi connectivity index (χ3v) is 9.27. The predicted octanol–water partition coefficient (Wildman–Crippen LogP) is 3.44. The lowest BCUT2D eigenvalue weighted by Crippen LogP contribution is -2.42. The molecule has 1 aliphatic rings. The molecule has 3 aromatic rings. The fourth-order valence-electron chi connectivity index (χ4n) is 4.10. The summed E-state index contributed by atoms with van der Waals surface area (Å²) >= 11 is 2.61. The highest BCUT2D eigenvalue weighted by atomic mass is 32.2. The molecular formula is C23H25N3O4S3. The van der Waals surface area contributed by atoms with Crippen LogP contribution in [0.4, 0.5) is 0 Å². The van der Waals surface area contributed by atoms with Crippen molar-refractivity contribution in [2.45, 2.75) is 31.1 Å². The van der Waals surface area contributed by atoms with E-state index in [2.05, 4.69) is 6.58 Å². The summed E-state index contributed by atoms with van der Waals surface area (Å²) in [6.45, 7) is 6.33. The molecule has 0 bridgehead atoms. The van der Waals surface area contributed by atoms with E-state index in [4.69, 9.17) is 4.98 Å². The number of amides is 1. The monoisotopic (exact) mass is 503 g/mol. The van der Waals surface area contributed by atoms with E-state index < -0.39 is 9.84 Å². The molecule has 33 heavy (non-hydrogen) atoms. The van der Waals surface area contributed by atoms with Gasteiger partial charge in [-0.3, -0.25) is 14.2 Å². The number of fused-ring (bicyclic) bond motifs is 1. The average molecular weight is 504 g/mol. The number of rotatable bonds is 8. The number of benzene rings is 1. The number of hydrogen-bond donors (Lipinski definition) is 0. The molecule has 0 spiro atoms. The molecule has 0 N–H and O–H groups in total. The van der Waals surface area contributed by atoms with Gasteiger partial charge < -0.3 is 4.90 Å². The van der Waals surface area contributed by atoms with E-state index in [-0.39, 0.29) is 41.3 Å². The van der Waals surface area contributed by atoms with E-state index in [0.29, 0.717) is 28.3 Å². The van der Waals surface area contributed by atoms with Gasteiger partial charge in [0.15, 0.2) is 15.0 Å². The molecule has 7 nitrogen and oxygen atoms in total. The Hall–Kier alpha value is -2.43. The summed E-state index contributed by atoms with van der Waals surface area (Å²) in [5.41, 5.74) is 1.64. The molecule has 1 atom stereocenters. The summed E-state index contributed by atoms with van der Waals surface area (Å²) in [6.07, 6.45) is 2.10. The van der Waals surface area contributed by atoms with Gasteiger partial charge in [-0.15, -0.1) is 17.9 Å². The van der Waals surface area contributed by atoms with E-state index in [9.17, 15) is 18.0 Å². The van der Waals surface area contributed by atoms with Gasteiger partial charge in [-0.2, -0.15) is 0 Å². The summed E-state index contributed by atoms with van der Waals surface area (Å²) in [5, 5.41) is 2.96. The Bertz CT molecular complexity index is 1350. The molecule has 1 saturated heterocycles. The molecule has 0 aliphatic carbocycles. The smallest absolute Gasteiger partial charge is 0.263 e. The number of hydrogen-bond acceptors (Lipinski definition) is 7. The zero-order chi connectivity index (χ0) is 23.6. The molecule has 10 heteroatoms. The van der Waals surface area contributed by atoms with Crippen molar-refractivity contribution >= 4 is 49.1 Å². The standard InChI is InChI=1S/C23H25N3O4S3/c1-3-11-26-22(28)20-18(16-8-6-5-7-9-16)13-31-21(20)24-23(26)32-14-19(27)25(4-2)17-10-12-33(29,30)15-17/h3,5-9,13,17H,1,4,10-12,14-15H2,2H3/t17-/m0/s1. The van der Waals surface area contributed by atoms with Crippen molar-refractivity contribution < 1.29 is 13.2 Å². The zero-order valence-corrected chi connectivity index (χ0v) is 20.7. The summed E-state index contributed by atoms with van der Waals surface area (Å²) in [7, 11) is -3.08. The number of carbonyl (C=O) groups is 1. The van der Waals surface area contributed by atoms with Crippen LogP contribution in [0.1, 0.15) is 13.3 Å². The zero-order valence-electron chi connectivity index (χ0n) is 18.3. The number of nitrogens with zero attached hydrogens (tertiary/aromatic N) is 3. The third-order valence-electron chi connectivity index (χ3n) is 5.69. The number of thiophene rings is 1. The highest BCUT2D eigenvalue weighted by Crippen LogP contribution is 2.32. The molecule has 2 aromatic heterocycles. The van der Waals surface area contributed by atoms with Gasteiger partial charge in [0, 0.05) is 30.1 Å². The molecule has 174 valence electrons. The molecule has 3 heterocycles. The summed E-state index contributed by atoms with van der Waals surface area (Å²) in [5.74, 6) is 0.0601. The second kappa shape index (κ2) is 9.82. The van der Waals surface area contributed by atoms with Crippen LogP contribution in [0.5, 0.6) is 0 Å². The normalized spacial score (nSPS) is 17.3. The lowest BCUT2D eigenvalue weighted by molar-refractivity contribution is -0.129. The van der Waals surface area contributed by atoms with Gasteiger partial charge in [0.25, 0.3) is 5.56 Å². The van der Waals surface area contributed by atoms with Gasteiger partial charge in [0.1, 0.15) is 4.83 Å². The Morgan fingerprint density at radius 3 is 2.76 bits per heavy atom. The second-order valence-corrected chi connectivity index (χ2v) is 11.8. The first kappa shape index (κ1) is 23.7. The van der Waals surface area contributed by atoms with Crippen LogP contribution >= 0.6 is 23.1 Å². The van der Waals surface area contributed by atoms with Crippen LogP contribution in [0.15, 0.2) is 58.3 Å². The van der Waals surface area contributed by atoms with E-state index in [0.717, 1.165) is 11.1 Å². The number of sulfone groups is 1. The topological polar surface area (TPSA) is 89.3 Å². The van der Waals surface area contributed by atoms with E-state index in [1.807, 2.05) is 42.6 Å². The predicted molar refractivity (Wildman–Crippen MR) is 135 cm³/mol. The van der Waals surface area contributed by atoms with Gasteiger partial charge in [-0.1, -0.05) is 48.2 Å². The van der Waals surface area contributed by atoms with Crippen molar-refractivity contribution in [3.8, 4) is 11.1 Å². The van der Waals surface area contributed by atoms with Crippen molar-refractivity contribution in [1.82, 2.24) is 14.5 Å². The van der Waals surface area contributed by atoms with E-state index in [1.165, 1.54) is 23.1 Å². The molecular weight excluding hydrogens is 478 g/mol. The molecule has 0 saturated carbocycles. The summed E-state index contributed by atoms with van der Waals surface area (Å²) < 4.78 is 25.2.